The molecule has 0 aromatic heterocycles. The molecule has 12 heteroatoms. The number of benzene rings is 1. The van der Waals surface area contributed by atoms with Crippen LogP contribution in [0.3, 0.4) is 0 Å². The van der Waals surface area contributed by atoms with E-state index in [0.29, 0.717) is 0 Å². The van der Waals surface area contributed by atoms with Crippen molar-refractivity contribution in [3.63, 3.8) is 0 Å². The molecule has 0 radical (unpaired) electrons. The number of aliphatic imine (C=N–C) groups is 1. The average molecular weight is 458 g/mol. The lowest BCUT2D eigenvalue weighted by molar-refractivity contribution is -0.206. The van der Waals surface area contributed by atoms with Gasteiger partial charge in [0.1, 0.15) is 11.4 Å². The number of nitrogens with one attached hydrogen (secondary N) is 1. The lowest BCUT2D eigenvalue weighted by Gasteiger charge is -2.46. The van der Waals surface area contributed by atoms with Crippen molar-refractivity contribution in [3.8, 4) is 0 Å². The molecule has 2 aliphatic rings. The Labute approximate surface area is 180 Å². The van der Waals surface area contributed by atoms with E-state index in [4.69, 9.17) is 5.73 Å². The van der Waals surface area contributed by atoms with Gasteiger partial charge in [-0.15, -0.1) is 0 Å². The summed E-state index contributed by atoms with van der Waals surface area (Å²) in [6, 6.07) is 3.45. The molecule has 1 aromatic rings. The summed E-state index contributed by atoms with van der Waals surface area (Å²) in [5, 5.41) is 2.36. The van der Waals surface area contributed by atoms with E-state index in [9.17, 15) is 31.9 Å². The second-order valence-electron chi connectivity index (χ2n) is 8.56. The third kappa shape index (κ3) is 3.67. The van der Waals surface area contributed by atoms with E-state index in [0.717, 1.165) is 11.0 Å². The van der Waals surface area contributed by atoms with Gasteiger partial charge in [-0.3, -0.25) is 14.5 Å². The highest BCUT2D eigenvalue weighted by Crippen LogP contribution is 2.48. The van der Waals surface area contributed by atoms with Crippen molar-refractivity contribution < 1.29 is 36.7 Å². The zero-order valence-electron chi connectivity index (χ0n) is 17.8. The maximum atomic E-state index is 14.8. The van der Waals surface area contributed by atoms with Gasteiger partial charge >= 0.3 is 12.1 Å². The molecule has 0 saturated heterocycles. The van der Waals surface area contributed by atoms with Gasteiger partial charge in [0.25, 0.3) is 5.91 Å². The Balaban J connectivity index is 1.93. The number of amides is 2. The largest absolute Gasteiger partial charge is 0.490 e. The van der Waals surface area contributed by atoms with Gasteiger partial charge in [0.15, 0.2) is 11.6 Å². The third-order valence-corrected chi connectivity index (χ3v) is 6.12. The first-order valence-electron chi connectivity index (χ1n) is 9.60. The molecule has 174 valence electrons. The second-order valence-corrected chi connectivity index (χ2v) is 8.56. The number of hydrogen-bond acceptors (Lipinski definition) is 6. The molecular weight excluding hydrogens is 436 g/mol. The summed E-state index contributed by atoms with van der Waals surface area (Å²) in [6.07, 6.45) is -5.40. The van der Waals surface area contributed by atoms with E-state index in [1.165, 1.54) is 26.1 Å². The summed E-state index contributed by atoms with van der Waals surface area (Å²) in [6.45, 7) is 4.66. The van der Waals surface area contributed by atoms with Crippen LogP contribution in [0.5, 0.6) is 0 Å². The number of ether oxygens (including phenoxy) is 1. The first kappa shape index (κ1) is 23.5. The molecular formula is C20H22F4N4O4. The topological polar surface area (TPSA) is 114 Å². The predicted octanol–water partition coefficient (Wildman–Crippen LogP) is 2.43. The average Bonchev–Trinajstić information content (AvgIpc) is 3.46. The van der Waals surface area contributed by atoms with Gasteiger partial charge in [0.05, 0.1) is 5.41 Å². The molecule has 0 bridgehead atoms. The Kier molecular flexibility index (Phi) is 5.26. The molecule has 8 nitrogen and oxygen atoms in total. The summed E-state index contributed by atoms with van der Waals surface area (Å²) in [4.78, 5) is 41.9. The molecule has 3 rings (SSSR count). The van der Waals surface area contributed by atoms with Crippen LogP contribution >= 0.6 is 0 Å². The second kappa shape index (κ2) is 7.17. The van der Waals surface area contributed by atoms with Crippen molar-refractivity contribution in [3.05, 3.63) is 29.6 Å². The molecule has 32 heavy (non-hydrogen) atoms. The highest BCUT2D eigenvalue weighted by molar-refractivity contribution is 6.02. The first-order chi connectivity index (χ1) is 14.5. The molecule has 0 spiro atoms. The minimum absolute atomic E-state index is 0.0258. The van der Waals surface area contributed by atoms with E-state index in [-0.39, 0.29) is 30.1 Å². The molecule has 1 aliphatic carbocycles. The van der Waals surface area contributed by atoms with Crippen LogP contribution in [0.15, 0.2) is 23.2 Å². The zero-order chi connectivity index (χ0) is 24.3. The number of nitrogens with zero attached hydrogens (tertiary/aromatic N) is 2. The van der Waals surface area contributed by atoms with Crippen molar-refractivity contribution in [2.24, 2.45) is 16.1 Å². The van der Waals surface area contributed by atoms with Crippen LogP contribution in [-0.2, 0) is 24.7 Å². The van der Waals surface area contributed by atoms with E-state index in [1.54, 1.807) is 13.8 Å². The van der Waals surface area contributed by atoms with Crippen LogP contribution in [0.25, 0.3) is 0 Å². The van der Waals surface area contributed by atoms with Crippen molar-refractivity contribution in [1.29, 1.82) is 0 Å². The molecule has 2 amide bonds. The zero-order valence-corrected chi connectivity index (χ0v) is 17.8. The summed E-state index contributed by atoms with van der Waals surface area (Å²) in [5.74, 6) is -4.69. The van der Waals surface area contributed by atoms with Gasteiger partial charge in [-0.05, 0) is 39.0 Å². The van der Waals surface area contributed by atoms with Crippen LogP contribution in [0.4, 0.5) is 23.2 Å². The lowest BCUT2D eigenvalue weighted by Crippen LogP contribution is -2.58. The van der Waals surface area contributed by atoms with E-state index in [1.807, 2.05) is 0 Å². The Hall–Kier alpha value is -3.18. The Morgan fingerprint density at radius 3 is 2.34 bits per heavy atom. The quantitative estimate of drug-likeness (QED) is 0.532. The van der Waals surface area contributed by atoms with Gasteiger partial charge in [-0.1, -0.05) is 0 Å². The molecule has 1 saturated carbocycles. The van der Waals surface area contributed by atoms with Crippen molar-refractivity contribution in [2.75, 3.05) is 12.4 Å². The maximum Gasteiger partial charge on any atom is 0.490 e. The lowest BCUT2D eigenvalue weighted by atomic mass is 9.67. The maximum absolute atomic E-state index is 14.8. The van der Waals surface area contributed by atoms with Crippen LogP contribution in [0, 0.1) is 11.2 Å². The molecule has 1 unspecified atom stereocenters. The highest BCUT2D eigenvalue weighted by Gasteiger charge is 2.58. The van der Waals surface area contributed by atoms with E-state index >= 15 is 0 Å². The fourth-order valence-electron chi connectivity index (χ4n) is 3.52. The molecule has 1 fully saturated rings. The molecule has 1 aromatic carbocycles. The smallest absolute Gasteiger partial charge is 0.442 e. The van der Waals surface area contributed by atoms with Crippen LogP contribution in [0.1, 0.15) is 39.2 Å². The minimum Gasteiger partial charge on any atom is -0.442 e. The van der Waals surface area contributed by atoms with Gasteiger partial charge in [-0.2, -0.15) is 13.2 Å². The molecule has 1 atom stereocenters. The summed E-state index contributed by atoms with van der Waals surface area (Å²) in [7, 11) is 1.44. The number of esters is 1. The van der Waals surface area contributed by atoms with E-state index < -0.39 is 46.3 Å². The Bertz CT molecular complexity index is 1030. The fourth-order valence-corrected chi connectivity index (χ4v) is 3.52. The molecule has 3 N–H and O–H groups in total. The van der Waals surface area contributed by atoms with Crippen LogP contribution in [0.2, 0.25) is 0 Å². The Morgan fingerprint density at radius 1 is 1.22 bits per heavy atom. The van der Waals surface area contributed by atoms with Gasteiger partial charge < -0.3 is 15.8 Å². The Morgan fingerprint density at radius 2 is 1.81 bits per heavy atom. The van der Waals surface area contributed by atoms with Crippen LogP contribution < -0.4 is 11.1 Å². The van der Waals surface area contributed by atoms with Crippen molar-refractivity contribution >= 4 is 29.4 Å². The van der Waals surface area contributed by atoms with Crippen molar-refractivity contribution in [2.45, 2.75) is 50.9 Å². The number of alkyl halides is 3. The number of nitrogens with two attached hydrogens (primary N) is 1. The van der Waals surface area contributed by atoms with E-state index in [2.05, 4.69) is 15.0 Å². The predicted molar refractivity (Wildman–Crippen MR) is 105 cm³/mol. The SMILES string of the molecule is CN1C(=O)C(C)(C)C(C)(c2cc(NC(=O)C3(OC(=O)C(F)(F)F)CC3)ccc2F)N=C1N. The normalized spacial score (nSPS) is 23.9. The highest BCUT2D eigenvalue weighted by atomic mass is 19.4. The standard InChI is InChI=1S/C20H22F4N4O4/c1-17(2)14(30)28(4)16(25)27-18(17,3)11-9-10(5-6-12(11)21)26-13(29)19(7-8-19)32-15(31)20(22,23)24/h5-6,9H,7-8H2,1-4H3,(H2,25,27)(H,26,29). The number of carbonyl (C=O) groups excluding carboxylic acids is 3. The fraction of sp³-hybridized carbons (Fsp3) is 0.500. The number of carbonyl (C=O) groups is 3. The first-order valence-corrected chi connectivity index (χ1v) is 9.60. The molecule has 1 heterocycles. The number of rotatable bonds is 4. The van der Waals surface area contributed by atoms with Gasteiger partial charge in [0, 0.05) is 31.1 Å². The number of guanidine groups is 1. The molecule has 1 aliphatic heterocycles. The third-order valence-electron chi connectivity index (χ3n) is 6.12. The summed E-state index contributed by atoms with van der Waals surface area (Å²) in [5.41, 5.74) is 1.20. The number of hydrogen-bond donors (Lipinski definition) is 2. The van der Waals surface area contributed by atoms with Gasteiger partial charge in [0.2, 0.25) is 5.91 Å². The summed E-state index contributed by atoms with van der Waals surface area (Å²) < 4.78 is 56.7. The number of anilines is 1. The van der Waals surface area contributed by atoms with Gasteiger partial charge in [-0.25, -0.2) is 14.2 Å². The monoisotopic (exact) mass is 458 g/mol. The summed E-state index contributed by atoms with van der Waals surface area (Å²) >= 11 is 0. The van der Waals surface area contributed by atoms with Crippen molar-refractivity contribution in [1.82, 2.24) is 4.90 Å². The van der Waals surface area contributed by atoms with Crippen LogP contribution in [-0.4, -0.2) is 47.5 Å². The number of halogens is 4. The minimum atomic E-state index is -5.24.